The molecule has 67 heavy (non-hydrogen) atoms. The van der Waals surface area contributed by atoms with E-state index < -0.39 is 43.2 Å². The zero-order valence-corrected chi connectivity index (χ0v) is 37.4. The van der Waals surface area contributed by atoms with E-state index in [0.717, 1.165) is 57.1 Å². The number of hydrogen-bond donors (Lipinski definition) is 5. The van der Waals surface area contributed by atoms with Gasteiger partial charge in [-0.05, 0) is 88.9 Å². The van der Waals surface area contributed by atoms with Crippen LogP contribution in [0.15, 0.2) is 79.0 Å². The molecule has 10 rings (SSSR count). The molecule has 18 heteroatoms. The van der Waals surface area contributed by atoms with Gasteiger partial charge in [-0.1, -0.05) is 62.4 Å². The highest BCUT2D eigenvalue weighted by Crippen LogP contribution is 2.53. The molecule has 0 spiro atoms. The van der Waals surface area contributed by atoms with E-state index in [9.17, 15) is 28.3 Å². The van der Waals surface area contributed by atoms with Crippen molar-refractivity contribution in [2.75, 3.05) is 27.4 Å². The van der Waals surface area contributed by atoms with Crippen molar-refractivity contribution in [1.29, 1.82) is 0 Å². The molecule has 0 radical (unpaired) electrons. The predicted octanol–water partition coefficient (Wildman–Crippen LogP) is 7.73. The van der Waals surface area contributed by atoms with Crippen molar-refractivity contribution in [2.24, 2.45) is 17.8 Å². The number of rotatable bonds is 13. The van der Waals surface area contributed by atoms with Crippen molar-refractivity contribution in [3.63, 3.8) is 0 Å². The molecule has 4 aromatic carbocycles. The maximum Gasteiger partial charge on any atom is 0.407 e. The van der Waals surface area contributed by atoms with Gasteiger partial charge >= 0.3 is 18.8 Å². The van der Waals surface area contributed by atoms with Crippen LogP contribution in [-0.4, -0.2) is 105 Å². The second-order valence-corrected chi connectivity index (χ2v) is 18.3. The SMILES string of the molecule is COC(=O)NC(C(=O)N1C(c2ncc(-c3ccc4c(c3)COc3cc5c(ccc6[nH]c(C7CC(COC(F)F)CN7C(O)C(NC(=O)OC)c7ccccc7)nc65)cc3-4)[nH]2)CC2CC21)C(C)C. The minimum absolute atomic E-state index is 0.123. The zero-order valence-electron chi connectivity index (χ0n) is 37.4. The number of aliphatic hydroxyl groups excluding tert-OH is 1. The van der Waals surface area contributed by atoms with Gasteiger partial charge in [0.05, 0.1) is 61.9 Å². The fourth-order valence-corrected chi connectivity index (χ4v) is 10.4. The summed E-state index contributed by atoms with van der Waals surface area (Å²) in [5.41, 5.74) is 6.76. The number of carbonyl (C=O) groups is 3. The Morgan fingerprint density at radius 1 is 0.910 bits per heavy atom. The summed E-state index contributed by atoms with van der Waals surface area (Å²) >= 11 is 0. The van der Waals surface area contributed by atoms with Gasteiger partial charge in [0.15, 0.2) is 0 Å². The van der Waals surface area contributed by atoms with E-state index in [1.165, 1.54) is 14.2 Å². The van der Waals surface area contributed by atoms with Crippen molar-refractivity contribution < 1.29 is 47.2 Å². The van der Waals surface area contributed by atoms with Crippen LogP contribution >= 0.6 is 0 Å². The number of H-pyrrole nitrogens is 2. The number of methoxy groups -OCH3 is 2. The summed E-state index contributed by atoms with van der Waals surface area (Å²) in [7, 11) is 2.53. The Kier molecular flexibility index (Phi) is 11.8. The third-order valence-electron chi connectivity index (χ3n) is 13.8. The lowest BCUT2D eigenvalue weighted by atomic mass is 9.92. The number of likely N-dealkylation sites (tertiary alicyclic amines) is 2. The molecule has 3 amide bonds. The highest BCUT2D eigenvalue weighted by molar-refractivity contribution is 6.07. The van der Waals surface area contributed by atoms with E-state index in [1.807, 2.05) is 49.1 Å². The molecule has 3 fully saturated rings. The van der Waals surface area contributed by atoms with Crippen LogP contribution in [0.3, 0.4) is 0 Å². The van der Waals surface area contributed by atoms with Crippen LogP contribution in [0.1, 0.15) is 74.0 Å². The van der Waals surface area contributed by atoms with Gasteiger partial charge in [0.25, 0.3) is 0 Å². The third-order valence-corrected chi connectivity index (χ3v) is 13.8. The van der Waals surface area contributed by atoms with Gasteiger partial charge in [0, 0.05) is 23.5 Å². The number of nitrogens with one attached hydrogen (secondary N) is 4. The number of alkyl carbamates (subject to hydrolysis) is 2. The summed E-state index contributed by atoms with van der Waals surface area (Å²) in [6, 6.07) is 21.0. The number of piperidine rings is 1. The van der Waals surface area contributed by atoms with Gasteiger partial charge in [-0.3, -0.25) is 9.69 Å². The first kappa shape index (κ1) is 44.2. The summed E-state index contributed by atoms with van der Waals surface area (Å²) in [6.45, 7) is 1.16. The molecule has 5 N–H and O–H groups in total. The van der Waals surface area contributed by atoms with Crippen molar-refractivity contribution in [3.8, 4) is 28.1 Å². The number of alkyl halides is 2. The van der Waals surface area contributed by atoms with Gasteiger partial charge in [-0.15, -0.1) is 0 Å². The number of fused-ring (bicyclic) bond motifs is 7. The van der Waals surface area contributed by atoms with E-state index in [-0.39, 0.29) is 43.0 Å². The van der Waals surface area contributed by atoms with E-state index in [2.05, 4.69) is 38.8 Å². The standard InChI is InChI=1S/C49H52F2N8O8/c1-24(2)40(56-48(62)64-3)46(61)59-36-17-29(36)18-38(59)43-52-20-35(54-43)28-10-12-31-30(15-28)23-66-39-19-32-27(16-33(31)39)11-13-34-42(32)55-44(53-34)37-14-25(22-67-47(50)51)21-58(37)45(60)41(57-49(63)65-4)26-8-6-5-7-9-26/h5-13,15-16,19-20,24-25,29,36-38,40-41,45,47,60H,14,17-18,21-23H2,1-4H3,(H,52,54)(H,53,55)(H,56,62)(H,57,63). The van der Waals surface area contributed by atoms with Crippen LogP contribution in [0.5, 0.6) is 5.75 Å². The van der Waals surface area contributed by atoms with Crippen LogP contribution in [0.2, 0.25) is 0 Å². The molecule has 4 aliphatic rings. The van der Waals surface area contributed by atoms with Gasteiger partial charge < -0.3 is 49.6 Å². The summed E-state index contributed by atoms with van der Waals surface area (Å²) in [6.07, 6.45) is 1.24. The monoisotopic (exact) mass is 918 g/mol. The molecule has 0 bridgehead atoms. The molecule has 8 unspecified atom stereocenters. The summed E-state index contributed by atoms with van der Waals surface area (Å²) < 4.78 is 47.4. The maximum atomic E-state index is 13.9. The van der Waals surface area contributed by atoms with Gasteiger partial charge in [-0.2, -0.15) is 8.78 Å². The van der Waals surface area contributed by atoms with Crippen LogP contribution in [0.25, 0.3) is 44.2 Å². The number of ether oxygens (including phenoxy) is 4. The van der Waals surface area contributed by atoms with E-state index in [4.69, 9.17) is 28.9 Å². The highest BCUT2D eigenvalue weighted by atomic mass is 19.3. The predicted molar refractivity (Wildman–Crippen MR) is 241 cm³/mol. The Hall–Kier alpha value is -6.63. The molecular weight excluding hydrogens is 867 g/mol. The second kappa shape index (κ2) is 17.9. The van der Waals surface area contributed by atoms with Crippen molar-refractivity contribution >= 4 is 39.9 Å². The Bertz CT molecular complexity index is 2840. The lowest BCUT2D eigenvalue weighted by Crippen LogP contribution is -2.52. The Labute approximate surface area is 384 Å². The normalized spacial score (nSPS) is 22.2. The Balaban J connectivity index is 0.916. The molecule has 3 aliphatic heterocycles. The number of aromatic nitrogens is 4. The number of halogens is 2. The summed E-state index contributed by atoms with van der Waals surface area (Å²) in [4.78, 5) is 59.1. The van der Waals surface area contributed by atoms with Crippen molar-refractivity contribution in [3.05, 3.63) is 102 Å². The molecular formula is C49H52F2N8O8. The molecule has 8 atom stereocenters. The molecule has 2 saturated heterocycles. The largest absolute Gasteiger partial charge is 0.488 e. The Morgan fingerprint density at radius 3 is 2.46 bits per heavy atom. The number of aliphatic hydroxyl groups is 1. The summed E-state index contributed by atoms with van der Waals surface area (Å²) in [5.74, 6) is 1.70. The number of hydrogen-bond acceptors (Lipinski definition) is 11. The molecule has 1 aliphatic carbocycles. The molecule has 5 heterocycles. The first-order valence-electron chi connectivity index (χ1n) is 22.6. The third kappa shape index (κ3) is 8.42. The minimum atomic E-state index is -2.94. The fourth-order valence-electron chi connectivity index (χ4n) is 10.4. The summed E-state index contributed by atoms with van der Waals surface area (Å²) in [5, 5.41) is 19.2. The topological polar surface area (TPSA) is 196 Å². The molecule has 2 aromatic heterocycles. The lowest BCUT2D eigenvalue weighted by molar-refractivity contribution is -0.138. The first-order valence-corrected chi connectivity index (χ1v) is 22.6. The molecule has 350 valence electrons. The van der Waals surface area contributed by atoms with Crippen molar-refractivity contribution in [2.45, 2.75) is 82.8 Å². The Morgan fingerprint density at radius 2 is 1.70 bits per heavy atom. The van der Waals surface area contributed by atoms with Gasteiger partial charge in [0.2, 0.25) is 5.91 Å². The highest BCUT2D eigenvalue weighted by Gasteiger charge is 2.56. The van der Waals surface area contributed by atoms with E-state index >= 15 is 0 Å². The minimum Gasteiger partial charge on any atom is -0.488 e. The zero-order chi connectivity index (χ0) is 46.7. The van der Waals surface area contributed by atoms with Crippen LogP contribution < -0.4 is 15.4 Å². The maximum absolute atomic E-state index is 13.9. The number of amides is 3. The lowest BCUT2D eigenvalue weighted by Gasteiger charge is -2.34. The van der Waals surface area contributed by atoms with Gasteiger partial charge in [-0.25, -0.2) is 19.6 Å². The van der Waals surface area contributed by atoms with E-state index in [0.29, 0.717) is 47.4 Å². The van der Waals surface area contributed by atoms with Crippen molar-refractivity contribution in [1.82, 2.24) is 40.4 Å². The number of benzene rings is 4. The van der Waals surface area contributed by atoms with Crippen LogP contribution in [0.4, 0.5) is 18.4 Å². The quantitative estimate of drug-likeness (QED) is 0.0761. The average molecular weight is 919 g/mol. The fraction of sp³-hybridized carbons (Fsp3) is 0.408. The molecule has 16 nitrogen and oxygen atoms in total. The van der Waals surface area contributed by atoms with Gasteiger partial charge in [0.1, 0.15) is 36.3 Å². The number of nitrogens with zero attached hydrogens (tertiary/aromatic N) is 4. The molecule has 6 aromatic rings. The number of imidazole rings is 2. The van der Waals surface area contributed by atoms with Crippen LogP contribution in [-0.2, 0) is 25.6 Å². The van der Waals surface area contributed by atoms with Crippen LogP contribution in [0, 0.1) is 17.8 Å². The number of carbonyl (C=O) groups excluding carboxylic acids is 3. The van der Waals surface area contributed by atoms with E-state index in [1.54, 1.807) is 35.4 Å². The smallest absolute Gasteiger partial charge is 0.407 e. The molecule has 1 saturated carbocycles. The second-order valence-electron chi connectivity index (χ2n) is 18.3. The average Bonchev–Trinajstić information content (AvgIpc) is 3.81. The first-order chi connectivity index (χ1) is 32.4. The number of aromatic amines is 2.